The molecule has 0 saturated heterocycles. The molecule has 0 heterocycles. The summed E-state index contributed by atoms with van der Waals surface area (Å²) >= 11 is 4.26. The molecule has 0 bridgehead atoms. The van der Waals surface area contributed by atoms with Gasteiger partial charge in [-0.25, -0.2) is 0 Å². The summed E-state index contributed by atoms with van der Waals surface area (Å²) in [4.78, 5) is 27.5. The molecule has 0 N–H and O–H groups in total. The summed E-state index contributed by atoms with van der Waals surface area (Å²) in [6, 6.07) is 7.08. The average Bonchev–Trinajstić information content (AvgIpc) is 2.35. The minimum Gasteiger partial charge on any atom is -0.347 e. The van der Waals surface area contributed by atoms with Crippen LogP contribution in [0.1, 0.15) is 17.3 Å². The monoisotopic (exact) mass is 266 g/mol. The Kier molecular flexibility index (Phi) is 5.22. The van der Waals surface area contributed by atoms with E-state index in [9.17, 15) is 9.59 Å². The molecule has 18 heavy (non-hydrogen) atoms. The summed E-state index contributed by atoms with van der Waals surface area (Å²) in [5.41, 5.74) is 0.522. The van der Waals surface area contributed by atoms with Gasteiger partial charge in [0, 0.05) is 25.5 Å². The molecule has 0 aliphatic carbocycles. The fourth-order valence-corrected chi connectivity index (χ4v) is 1.71. The lowest BCUT2D eigenvalue weighted by Crippen LogP contribution is -2.40. The average molecular weight is 266 g/mol. The quantitative estimate of drug-likeness (QED) is 0.840. The number of thiol groups is 1. The SMILES string of the molecule is CCN(CC(=O)N(C)C)C(=O)c1ccccc1S. The Labute approximate surface area is 113 Å². The zero-order valence-electron chi connectivity index (χ0n) is 10.9. The Hall–Kier alpha value is -1.49. The van der Waals surface area contributed by atoms with Crippen LogP contribution in [0.25, 0.3) is 0 Å². The zero-order valence-corrected chi connectivity index (χ0v) is 11.8. The van der Waals surface area contributed by atoms with Gasteiger partial charge in [-0.1, -0.05) is 12.1 Å². The largest absolute Gasteiger partial charge is 0.347 e. The van der Waals surface area contributed by atoms with E-state index >= 15 is 0 Å². The molecule has 0 atom stereocenters. The van der Waals surface area contributed by atoms with E-state index in [1.807, 2.05) is 13.0 Å². The summed E-state index contributed by atoms with van der Waals surface area (Å²) in [5.74, 6) is -0.264. The van der Waals surface area contributed by atoms with Crippen LogP contribution in [0.5, 0.6) is 0 Å². The molecule has 1 aromatic carbocycles. The molecule has 98 valence electrons. The van der Waals surface area contributed by atoms with Crippen LogP contribution in [0.3, 0.4) is 0 Å². The summed E-state index contributed by atoms with van der Waals surface area (Å²) in [7, 11) is 3.35. The molecule has 4 nitrogen and oxygen atoms in total. The smallest absolute Gasteiger partial charge is 0.255 e. The highest BCUT2D eigenvalue weighted by Crippen LogP contribution is 2.15. The van der Waals surface area contributed by atoms with Gasteiger partial charge in [0.25, 0.3) is 5.91 Å². The summed E-state index contributed by atoms with van der Waals surface area (Å²) in [5, 5.41) is 0. The first kappa shape index (κ1) is 14.6. The maximum absolute atomic E-state index is 12.3. The van der Waals surface area contributed by atoms with E-state index in [1.165, 1.54) is 9.80 Å². The number of carbonyl (C=O) groups is 2. The first-order valence-corrected chi connectivity index (χ1v) is 6.19. The van der Waals surface area contributed by atoms with Gasteiger partial charge in [0.15, 0.2) is 0 Å². The fraction of sp³-hybridized carbons (Fsp3) is 0.385. The topological polar surface area (TPSA) is 40.6 Å². The Balaban J connectivity index is 2.87. The van der Waals surface area contributed by atoms with Gasteiger partial charge >= 0.3 is 0 Å². The Morgan fingerprint density at radius 1 is 1.22 bits per heavy atom. The van der Waals surface area contributed by atoms with Crippen molar-refractivity contribution in [2.75, 3.05) is 27.2 Å². The third kappa shape index (κ3) is 3.50. The van der Waals surface area contributed by atoms with E-state index in [0.29, 0.717) is 17.0 Å². The van der Waals surface area contributed by atoms with Crippen LogP contribution in [0.15, 0.2) is 29.2 Å². The lowest BCUT2D eigenvalue weighted by atomic mass is 10.2. The number of benzene rings is 1. The molecular weight excluding hydrogens is 248 g/mol. The normalized spacial score (nSPS) is 10.0. The third-order valence-corrected chi connectivity index (χ3v) is 3.02. The number of nitrogens with zero attached hydrogens (tertiary/aromatic N) is 2. The highest BCUT2D eigenvalue weighted by molar-refractivity contribution is 7.80. The van der Waals surface area contributed by atoms with Gasteiger partial charge < -0.3 is 9.80 Å². The van der Waals surface area contributed by atoms with Crippen molar-refractivity contribution in [2.45, 2.75) is 11.8 Å². The molecule has 0 fully saturated rings. The van der Waals surface area contributed by atoms with Crippen molar-refractivity contribution in [3.05, 3.63) is 29.8 Å². The Bertz CT molecular complexity index is 446. The van der Waals surface area contributed by atoms with Crippen LogP contribution in [0, 0.1) is 0 Å². The number of hydrogen-bond donors (Lipinski definition) is 1. The highest BCUT2D eigenvalue weighted by Gasteiger charge is 2.19. The van der Waals surface area contributed by atoms with E-state index in [2.05, 4.69) is 12.6 Å². The first-order chi connectivity index (χ1) is 8.47. The van der Waals surface area contributed by atoms with Crippen LogP contribution in [-0.4, -0.2) is 48.8 Å². The van der Waals surface area contributed by atoms with Gasteiger partial charge in [0.1, 0.15) is 0 Å². The second kappa shape index (κ2) is 6.44. The number of hydrogen-bond acceptors (Lipinski definition) is 3. The van der Waals surface area contributed by atoms with E-state index in [4.69, 9.17) is 0 Å². The third-order valence-electron chi connectivity index (χ3n) is 2.63. The highest BCUT2D eigenvalue weighted by atomic mass is 32.1. The van der Waals surface area contributed by atoms with Crippen molar-refractivity contribution in [1.82, 2.24) is 9.80 Å². The van der Waals surface area contributed by atoms with Crippen molar-refractivity contribution in [2.24, 2.45) is 0 Å². The molecule has 0 aromatic heterocycles. The van der Waals surface area contributed by atoms with Crippen LogP contribution >= 0.6 is 12.6 Å². The molecule has 1 aromatic rings. The van der Waals surface area contributed by atoms with E-state index < -0.39 is 0 Å². The maximum Gasteiger partial charge on any atom is 0.255 e. The predicted molar refractivity (Wildman–Crippen MR) is 74.0 cm³/mol. The Morgan fingerprint density at radius 3 is 2.33 bits per heavy atom. The number of carbonyl (C=O) groups excluding carboxylic acids is 2. The maximum atomic E-state index is 12.3. The van der Waals surface area contributed by atoms with Gasteiger partial charge in [-0.15, -0.1) is 12.6 Å². The predicted octanol–water partition coefficient (Wildman–Crippen LogP) is 1.53. The molecule has 0 aliphatic rings. The van der Waals surface area contributed by atoms with Crippen LogP contribution < -0.4 is 0 Å². The minimum absolute atomic E-state index is 0.0877. The van der Waals surface area contributed by atoms with Gasteiger partial charge in [-0.2, -0.15) is 0 Å². The first-order valence-electron chi connectivity index (χ1n) is 5.74. The van der Waals surface area contributed by atoms with Crippen molar-refractivity contribution >= 4 is 24.4 Å². The zero-order chi connectivity index (χ0) is 13.7. The van der Waals surface area contributed by atoms with E-state index in [0.717, 1.165) is 0 Å². The van der Waals surface area contributed by atoms with Gasteiger partial charge in [-0.3, -0.25) is 9.59 Å². The van der Waals surface area contributed by atoms with Gasteiger partial charge in [0.05, 0.1) is 12.1 Å². The summed E-state index contributed by atoms with van der Waals surface area (Å²) < 4.78 is 0. The summed E-state index contributed by atoms with van der Waals surface area (Å²) in [6.07, 6.45) is 0. The van der Waals surface area contributed by atoms with Crippen molar-refractivity contribution < 1.29 is 9.59 Å². The second-order valence-corrected chi connectivity index (χ2v) is 4.61. The second-order valence-electron chi connectivity index (χ2n) is 4.12. The molecule has 0 spiro atoms. The molecule has 0 unspecified atom stereocenters. The fourth-order valence-electron chi connectivity index (χ4n) is 1.46. The van der Waals surface area contributed by atoms with Crippen molar-refractivity contribution in [3.63, 3.8) is 0 Å². The lowest BCUT2D eigenvalue weighted by Gasteiger charge is -2.22. The molecule has 0 aliphatic heterocycles. The van der Waals surface area contributed by atoms with Crippen molar-refractivity contribution in [1.29, 1.82) is 0 Å². The number of rotatable bonds is 4. The molecule has 0 radical (unpaired) electrons. The molecular formula is C13H18N2O2S. The number of amides is 2. The van der Waals surface area contributed by atoms with Crippen LogP contribution in [0.2, 0.25) is 0 Å². The minimum atomic E-state index is -0.168. The van der Waals surface area contributed by atoms with Crippen molar-refractivity contribution in [3.8, 4) is 0 Å². The van der Waals surface area contributed by atoms with E-state index in [-0.39, 0.29) is 18.4 Å². The van der Waals surface area contributed by atoms with Gasteiger partial charge in [0.2, 0.25) is 5.91 Å². The molecule has 2 amide bonds. The number of likely N-dealkylation sites (N-methyl/N-ethyl adjacent to an activating group) is 2. The molecule has 0 saturated carbocycles. The Morgan fingerprint density at radius 2 is 1.83 bits per heavy atom. The molecule has 5 heteroatoms. The van der Waals surface area contributed by atoms with Gasteiger partial charge in [-0.05, 0) is 19.1 Å². The van der Waals surface area contributed by atoms with E-state index in [1.54, 1.807) is 32.3 Å². The summed E-state index contributed by atoms with van der Waals surface area (Å²) in [6.45, 7) is 2.42. The molecule has 1 rings (SSSR count). The van der Waals surface area contributed by atoms with Crippen LogP contribution in [0.4, 0.5) is 0 Å². The lowest BCUT2D eigenvalue weighted by molar-refractivity contribution is -0.129. The van der Waals surface area contributed by atoms with Crippen LogP contribution in [-0.2, 0) is 4.79 Å². The standard InChI is InChI=1S/C13H18N2O2S/c1-4-15(9-12(16)14(2)3)13(17)10-7-5-6-8-11(10)18/h5-8,18H,4,9H2,1-3H3.